The fraction of sp³-hybridized carbons (Fsp3) is 0.556. The van der Waals surface area contributed by atoms with Crippen molar-refractivity contribution in [2.45, 2.75) is 38.3 Å². The van der Waals surface area contributed by atoms with E-state index in [1.165, 1.54) is 10.6 Å². The second-order valence-corrected chi connectivity index (χ2v) is 8.54. The summed E-state index contributed by atoms with van der Waals surface area (Å²) in [4.78, 5) is 23.0. The highest BCUT2D eigenvalue weighted by atomic mass is 32.1. The first-order valence-electron chi connectivity index (χ1n) is 8.71. The summed E-state index contributed by atoms with van der Waals surface area (Å²) in [6.45, 7) is 4.01. The van der Waals surface area contributed by atoms with Crippen LogP contribution in [-0.4, -0.2) is 46.4 Å². The Morgan fingerprint density at radius 1 is 1.33 bits per heavy atom. The van der Waals surface area contributed by atoms with Crippen molar-refractivity contribution in [1.82, 2.24) is 14.8 Å². The summed E-state index contributed by atoms with van der Waals surface area (Å²) in [7, 11) is 0. The van der Waals surface area contributed by atoms with Gasteiger partial charge in [-0.1, -0.05) is 6.07 Å². The van der Waals surface area contributed by atoms with Crippen molar-refractivity contribution in [3.63, 3.8) is 0 Å². The number of nitrogens with zero attached hydrogens (tertiary/aromatic N) is 3. The summed E-state index contributed by atoms with van der Waals surface area (Å²) < 4.78 is 0. The lowest BCUT2D eigenvalue weighted by molar-refractivity contribution is -0.141. The first-order valence-corrected chi connectivity index (χ1v) is 10.5. The molecule has 0 bridgehead atoms. The lowest BCUT2D eigenvalue weighted by Gasteiger charge is -2.47. The van der Waals surface area contributed by atoms with Gasteiger partial charge >= 0.3 is 0 Å². The first kappa shape index (κ1) is 16.2. The molecular formula is C18H23N3OS2. The molecule has 4 heterocycles. The number of likely N-dealkylation sites (tertiary alicyclic amines) is 2. The van der Waals surface area contributed by atoms with Crippen molar-refractivity contribution in [2.75, 3.05) is 19.6 Å². The maximum atomic E-state index is 12.5. The molecule has 0 aromatic carbocycles. The Hall–Kier alpha value is -1.24. The Kier molecular flexibility index (Phi) is 4.96. The Morgan fingerprint density at radius 3 is 3.08 bits per heavy atom. The van der Waals surface area contributed by atoms with Crippen LogP contribution in [0.5, 0.6) is 0 Å². The number of thiophene rings is 1. The highest BCUT2D eigenvalue weighted by molar-refractivity contribution is 7.09. The maximum absolute atomic E-state index is 12.5. The normalized spacial score (nSPS) is 25.0. The Bertz CT molecular complexity index is 656. The Morgan fingerprint density at radius 2 is 2.29 bits per heavy atom. The fourth-order valence-corrected chi connectivity index (χ4v) is 5.34. The molecule has 0 unspecified atom stereocenters. The van der Waals surface area contributed by atoms with Crippen LogP contribution in [-0.2, 0) is 17.8 Å². The average molecular weight is 362 g/mol. The molecular weight excluding hydrogens is 338 g/mol. The third-order valence-electron chi connectivity index (χ3n) is 5.28. The van der Waals surface area contributed by atoms with Gasteiger partial charge in [-0.05, 0) is 36.6 Å². The molecule has 24 heavy (non-hydrogen) atoms. The van der Waals surface area contributed by atoms with Crippen LogP contribution in [0.3, 0.4) is 0 Å². The molecule has 0 spiro atoms. The minimum atomic E-state index is 0.362. The zero-order valence-electron chi connectivity index (χ0n) is 13.8. The minimum absolute atomic E-state index is 0.362. The van der Waals surface area contributed by atoms with E-state index in [0.717, 1.165) is 51.9 Å². The van der Waals surface area contributed by atoms with Crippen LogP contribution < -0.4 is 0 Å². The Labute approximate surface area is 151 Å². The van der Waals surface area contributed by atoms with Crippen molar-refractivity contribution < 1.29 is 4.79 Å². The van der Waals surface area contributed by atoms with Gasteiger partial charge in [0.2, 0.25) is 5.91 Å². The van der Waals surface area contributed by atoms with E-state index in [2.05, 4.69) is 37.7 Å². The van der Waals surface area contributed by atoms with Crippen LogP contribution in [0, 0.1) is 5.92 Å². The molecule has 2 aromatic rings. The highest BCUT2D eigenvalue weighted by Crippen LogP contribution is 2.32. The molecule has 2 aromatic heterocycles. The van der Waals surface area contributed by atoms with E-state index < -0.39 is 0 Å². The van der Waals surface area contributed by atoms with Crippen LogP contribution >= 0.6 is 22.7 Å². The zero-order valence-corrected chi connectivity index (χ0v) is 15.4. The molecule has 6 heteroatoms. The smallest absolute Gasteiger partial charge is 0.222 e. The predicted molar refractivity (Wildman–Crippen MR) is 98.3 cm³/mol. The quantitative estimate of drug-likeness (QED) is 0.820. The molecule has 0 N–H and O–H groups in total. The van der Waals surface area contributed by atoms with Gasteiger partial charge in [-0.25, -0.2) is 4.98 Å². The number of amides is 1. The molecule has 0 saturated carbocycles. The number of hydrogen-bond acceptors (Lipinski definition) is 5. The number of carbonyl (C=O) groups is 1. The van der Waals surface area contributed by atoms with Gasteiger partial charge in [-0.3, -0.25) is 9.69 Å². The molecule has 0 radical (unpaired) electrons. The summed E-state index contributed by atoms with van der Waals surface area (Å²) in [6, 6.07) is 4.71. The van der Waals surface area contributed by atoms with Gasteiger partial charge in [-0.15, -0.1) is 22.7 Å². The van der Waals surface area contributed by atoms with Crippen LogP contribution in [0.2, 0.25) is 0 Å². The van der Waals surface area contributed by atoms with Crippen molar-refractivity contribution in [1.29, 1.82) is 0 Å². The number of rotatable bonds is 5. The van der Waals surface area contributed by atoms with E-state index >= 15 is 0 Å². The third kappa shape index (κ3) is 3.55. The number of piperidine rings is 2. The number of carbonyl (C=O) groups excluding carboxylic acids is 1. The average Bonchev–Trinajstić information content (AvgIpc) is 3.28. The molecule has 2 aliphatic heterocycles. The van der Waals surface area contributed by atoms with E-state index in [1.807, 2.05) is 5.51 Å². The molecule has 2 aliphatic rings. The molecule has 128 valence electrons. The Balaban J connectivity index is 1.37. The van der Waals surface area contributed by atoms with E-state index in [4.69, 9.17) is 0 Å². The van der Waals surface area contributed by atoms with E-state index in [9.17, 15) is 4.79 Å². The fourth-order valence-electron chi connectivity index (χ4n) is 4.09. The number of thiazole rings is 1. The van der Waals surface area contributed by atoms with Crippen LogP contribution in [0.1, 0.15) is 29.8 Å². The summed E-state index contributed by atoms with van der Waals surface area (Å²) >= 11 is 3.46. The van der Waals surface area contributed by atoms with Gasteiger partial charge in [0, 0.05) is 48.9 Å². The molecule has 2 fully saturated rings. The van der Waals surface area contributed by atoms with Gasteiger partial charge in [0.05, 0.1) is 11.2 Å². The van der Waals surface area contributed by atoms with Crippen LogP contribution in [0.25, 0.3) is 0 Å². The van der Waals surface area contributed by atoms with Crippen LogP contribution in [0.4, 0.5) is 0 Å². The number of hydrogen-bond donors (Lipinski definition) is 0. The molecule has 4 rings (SSSR count). The molecule has 2 saturated heterocycles. The van der Waals surface area contributed by atoms with Gasteiger partial charge in [0.1, 0.15) is 0 Å². The second kappa shape index (κ2) is 7.33. The largest absolute Gasteiger partial charge is 0.339 e. The van der Waals surface area contributed by atoms with Gasteiger partial charge in [0.15, 0.2) is 0 Å². The molecule has 0 aliphatic carbocycles. The minimum Gasteiger partial charge on any atom is -0.339 e. The van der Waals surface area contributed by atoms with E-state index in [-0.39, 0.29) is 0 Å². The number of fused-ring (bicyclic) bond motifs is 1. The predicted octanol–water partition coefficient (Wildman–Crippen LogP) is 3.26. The van der Waals surface area contributed by atoms with E-state index in [1.54, 1.807) is 22.7 Å². The first-order chi connectivity index (χ1) is 11.8. The lowest BCUT2D eigenvalue weighted by atomic mass is 9.83. The topological polar surface area (TPSA) is 36.4 Å². The summed E-state index contributed by atoms with van der Waals surface area (Å²) in [5, 5.41) is 4.26. The summed E-state index contributed by atoms with van der Waals surface area (Å²) in [5.74, 6) is 0.985. The van der Waals surface area contributed by atoms with Crippen molar-refractivity contribution >= 4 is 28.6 Å². The number of aromatic nitrogens is 1. The SMILES string of the molecule is O=C1CC[C@@H]2CN(Cc3cscn3)CC[C@@H]2N1CCc1cccs1. The zero-order chi connectivity index (χ0) is 16.4. The molecule has 1 amide bonds. The van der Waals surface area contributed by atoms with Crippen molar-refractivity contribution in [2.24, 2.45) is 5.92 Å². The summed E-state index contributed by atoms with van der Waals surface area (Å²) in [5.41, 5.74) is 3.09. The highest BCUT2D eigenvalue weighted by Gasteiger charge is 2.38. The lowest BCUT2D eigenvalue weighted by Crippen LogP contribution is -2.56. The van der Waals surface area contributed by atoms with Crippen molar-refractivity contribution in [3.8, 4) is 0 Å². The monoisotopic (exact) mass is 361 g/mol. The van der Waals surface area contributed by atoms with Gasteiger partial charge in [0.25, 0.3) is 0 Å². The third-order valence-corrected chi connectivity index (χ3v) is 6.85. The van der Waals surface area contributed by atoms with E-state index in [0.29, 0.717) is 17.9 Å². The van der Waals surface area contributed by atoms with Crippen LogP contribution in [0.15, 0.2) is 28.4 Å². The van der Waals surface area contributed by atoms with Crippen molar-refractivity contribution in [3.05, 3.63) is 39.0 Å². The maximum Gasteiger partial charge on any atom is 0.222 e. The molecule has 2 atom stereocenters. The molecule has 4 nitrogen and oxygen atoms in total. The summed E-state index contributed by atoms with van der Waals surface area (Å²) in [6.07, 6.45) is 3.86. The second-order valence-electron chi connectivity index (χ2n) is 6.79. The standard InChI is InChI=1S/C18H23N3OS2/c22-18-4-3-14-10-20(11-15-12-23-13-19-15)7-6-17(14)21(18)8-5-16-2-1-9-24-16/h1-2,9,12-14,17H,3-8,10-11H2/t14-,17+/m1/s1. The van der Waals surface area contributed by atoms with Gasteiger partial charge < -0.3 is 4.90 Å². The van der Waals surface area contributed by atoms with Gasteiger partial charge in [-0.2, -0.15) is 0 Å².